The Kier molecular flexibility index (Phi) is 3.50. The molecule has 0 atom stereocenters. The summed E-state index contributed by atoms with van der Waals surface area (Å²) in [7, 11) is 1.83. The number of hydrogen-bond acceptors (Lipinski definition) is 3. The van der Waals surface area contributed by atoms with Gasteiger partial charge in [0.05, 0.1) is 19.8 Å². The van der Waals surface area contributed by atoms with Crippen molar-refractivity contribution in [3.8, 4) is 0 Å². The van der Waals surface area contributed by atoms with Crippen LogP contribution in [-0.4, -0.2) is 49.3 Å². The van der Waals surface area contributed by atoms with E-state index >= 15 is 0 Å². The first kappa shape index (κ1) is 11.9. The topological polar surface area (TPSA) is 49.8 Å². The van der Waals surface area contributed by atoms with Crippen LogP contribution in [0.1, 0.15) is 25.7 Å². The molecule has 92 valence electrons. The smallest absolute Gasteiger partial charge is 0.235 e. The van der Waals surface area contributed by atoms with Crippen LogP contribution in [0, 0.1) is 11.3 Å². The van der Waals surface area contributed by atoms with E-state index in [1.807, 2.05) is 7.05 Å². The molecule has 0 spiro atoms. The first-order valence-corrected chi connectivity index (χ1v) is 6.12. The molecular weight excluding hydrogens is 206 g/mol. The number of nitrogens with zero attached hydrogens (tertiary/aromatic N) is 1. The maximum absolute atomic E-state index is 12.1. The first-order valence-electron chi connectivity index (χ1n) is 6.12. The molecule has 2 fully saturated rings. The molecular formula is C12H21NO3. The van der Waals surface area contributed by atoms with Crippen molar-refractivity contribution in [2.24, 2.45) is 11.3 Å². The van der Waals surface area contributed by atoms with Crippen molar-refractivity contribution in [3.63, 3.8) is 0 Å². The summed E-state index contributed by atoms with van der Waals surface area (Å²) < 4.78 is 5.05. The van der Waals surface area contributed by atoms with Crippen LogP contribution in [0.2, 0.25) is 0 Å². The van der Waals surface area contributed by atoms with Crippen molar-refractivity contribution in [1.29, 1.82) is 0 Å². The Bertz CT molecular complexity index is 253. The van der Waals surface area contributed by atoms with Crippen LogP contribution in [0.3, 0.4) is 0 Å². The van der Waals surface area contributed by atoms with E-state index in [1.165, 1.54) is 19.3 Å². The molecule has 1 saturated heterocycles. The number of hydrogen-bond donors (Lipinski definition) is 1. The average molecular weight is 227 g/mol. The van der Waals surface area contributed by atoms with Crippen molar-refractivity contribution in [2.75, 3.05) is 33.4 Å². The van der Waals surface area contributed by atoms with E-state index < -0.39 is 5.41 Å². The summed E-state index contributed by atoms with van der Waals surface area (Å²) in [6.07, 6.45) is 5.08. The highest BCUT2D eigenvalue weighted by molar-refractivity contribution is 5.83. The maximum atomic E-state index is 12.1. The predicted molar refractivity (Wildman–Crippen MR) is 59.9 cm³/mol. The maximum Gasteiger partial charge on any atom is 0.235 e. The summed E-state index contributed by atoms with van der Waals surface area (Å²) >= 11 is 0. The van der Waals surface area contributed by atoms with Gasteiger partial charge in [0, 0.05) is 13.6 Å². The van der Waals surface area contributed by atoms with Crippen LogP contribution in [0.5, 0.6) is 0 Å². The molecule has 0 aromatic carbocycles. The fourth-order valence-corrected chi connectivity index (χ4v) is 2.29. The minimum Gasteiger partial charge on any atom is -0.395 e. The highest BCUT2D eigenvalue weighted by Gasteiger charge is 2.46. The van der Waals surface area contributed by atoms with Crippen molar-refractivity contribution in [2.45, 2.75) is 25.7 Å². The molecule has 1 saturated carbocycles. The Labute approximate surface area is 96.6 Å². The van der Waals surface area contributed by atoms with Gasteiger partial charge in [0.2, 0.25) is 5.91 Å². The summed E-state index contributed by atoms with van der Waals surface area (Å²) in [5, 5.41) is 9.26. The Hall–Kier alpha value is -0.610. The summed E-state index contributed by atoms with van der Waals surface area (Å²) in [5.41, 5.74) is -0.631. The lowest BCUT2D eigenvalue weighted by Gasteiger charge is -2.41. The molecule has 2 rings (SSSR count). The molecule has 0 radical (unpaired) electrons. The van der Waals surface area contributed by atoms with Crippen molar-refractivity contribution < 1.29 is 14.6 Å². The molecule has 2 aliphatic rings. The van der Waals surface area contributed by atoms with Gasteiger partial charge in [0.1, 0.15) is 5.41 Å². The van der Waals surface area contributed by atoms with Gasteiger partial charge in [-0.2, -0.15) is 0 Å². The van der Waals surface area contributed by atoms with Gasteiger partial charge in [0.15, 0.2) is 0 Å². The lowest BCUT2D eigenvalue weighted by molar-refractivity contribution is -0.179. The minimum atomic E-state index is -0.631. The Balaban J connectivity index is 1.78. The number of ether oxygens (including phenoxy) is 1. The Morgan fingerprint density at radius 2 is 2.19 bits per heavy atom. The third-order valence-electron chi connectivity index (χ3n) is 3.96. The number of aliphatic hydroxyl groups excluding tert-OH is 1. The third kappa shape index (κ3) is 2.09. The second-order valence-corrected chi connectivity index (χ2v) is 5.24. The molecule has 0 aromatic rings. The minimum absolute atomic E-state index is 0.0422. The molecule has 0 bridgehead atoms. The molecule has 4 heteroatoms. The van der Waals surface area contributed by atoms with E-state index in [9.17, 15) is 9.90 Å². The summed E-state index contributed by atoms with van der Waals surface area (Å²) in [6.45, 7) is 1.46. The fourth-order valence-electron chi connectivity index (χ4n) is 2.29. The normalized spacial score (nSPS) is 23.4. The van der Waals surface area contributed by atoms with E-state index in [2.05, 4.69) is 0 Å². The van der Waals surface area contributed by atoms with Gasteiger partial charge >= 0.3 is 0 Å². The standard InChI is InChI=1S/C12H21NO3/c1-13(6-5-10-3-2-4-10)11(15)12(7-14)8-16-9-12/h10,14H,2-9H2,1H3. The number of rotatable bonds is 5. The highest BCUT2D eigenvalue weighted by atomic mass is 16.5. The molecule has 1 aliphatic carbocycles. The zero-order valence-electron chi connectivity index (χ0n) is 9.95. The second kappa shape index (κ2) is 4.72. The molecule has 0 aromatic heterocycles. The largest absolute Gasteiger partial charge is 0.395 e. The van der Waals surface area contributed by atoms with Gasteiger partial charge in [-0.1, -0.05) is 19.3 Å². The molecule has 1 aliphatic heterocycles. The number of carbonyl (C=O) groups excluding carboxylic acids is 1. The van der Waals surface area contributed by atoms with Gasteiger partial charge in [0.25, 0.3) is 0 Å². The molecule has 16 heavy (non-hydrogen) atoms. The van der Waals surface area contributed by atoms with Gasteiger partial charge in [-0.3, -0.25) is 4.79 Å². The van der Waals surface area contributed by atoms with Gasteiger partial charge in [-0.05, 0) is 12.3 Å². The van der Waals surface area contributed by atoms with Crippen LogP contribution in [-0.2, 0) is 9.53 Å². The SMILES string of the molecule is CN(CCC1CCC1)C(=O)C1(CO)COC1. The second-order valence-electron chi connectivity index (χ2n) is 5.24. The summed E-state index contributed by atoms with van der Waals surface area (Å²) in [5.74, 6) is 0.860. The monoisotopic (exact) mass is 227 g/mol. The van der Waals surface area contributed by atoms with Crippen LogP contribution in [0.25, 0.3) is 0 Å². The van der Waals surface area contributed by atoms with Crippen LogP contribution < -0.4 is 0 Å². The highest BCUT2D eigenvalue weighted by Crippen LogP contribution is 2.31. The van der Waals surface area contributed by atoms with E-state index in [4.69, 9.17) is 4.74 Å². The zero-order chi connectivity index (χ0) is 11.6. The van der Waals surface area contributed by atoms with E-state index in [0.717, 1.165) is 18.9 Å². The Morgan fingerprint density at radius 1 is 1.50 bits per heavy atom. The van der Waals surface area contributed by atoms with E-state index in [0.29, 0.717) is 13.2 Å². The fraction of sp³-hybridized carbons (Fsp3) is 0.917. The van der Waals surface area contributed by atoms with Crippen molar-refractivity contribution in [1.82, 2.24) is 4.90 Å². The number of carbonyl (C=O) groups is 1. The zero-order valence-corrected chi connectivity index (χ0v) is 9.95. The van der Waals surface area contributed by atoms with Crippen LogP contribution >= 0.6 is 0 Å². The van der Waals surface area contributed by atoms with Crippen LogP contribution in [0.4, 0.5) is 0 Å². The lowest BCUT2D eigenvalue weighted by Crippen LogP contribution is -2.56. The van der Waals surface area contributed by atoms with Gasteiger partial charge in [-0.25, -0.2) is 0 Å². The first-order chi connectivity index (χ1) is 7.68. The summed E-state index contributed by atoms with van der Waals surface area (Å²) in [6, 6.07) is 0. The third-order valence-corrected chi connectivity index (χ3v) is 3.96. The summed E-state index contributed by atoms with van der Waals surface area (Å²) in [4.78, 5) is 13.8. The van der Waals surface area contributed by atoms with E-state index in [1.54, 1.807) is 4.90 Å². The van der Waals surface area contributed by atoms with Crippen molar-refractivity contribution in [3.05, 3.63) is 0 Å². The van der Waals surface area contributed by atoms with Gasteiger partial charge in [-0.15, -0.1) is 0 Å². The quantitative estimate of drug-likeness (QED) is 0.750. The predicted octanol–water partition coefficient (Wildman–Crippen LogP) is 0.644. The van der Waals surface area contributed by atoms with Crippen molar-refractivity contribution >= 4 is 5.91 Å². The molecule has 0 unspecified atom stereocenters. The molecule has 4 nitrogen and oxygen atoms in total. The molecule has 1 N–H and O–H groups in total. The number of amides is 1. The van der Waals surface area contributed by atoms with E-state index in [-0.39, 0.29) is 12.5 Å². The Morgan fingerprint density at radius 3 is 2.56 bits per heavy atom. The molecule has 1 heterocycles. The number of aliphatic hydroxyl groups is 1. The molecule has 1 amide bonds. The lowest BCUT2D eigenvalue weighted by atomic mass is 9.82. The van der Waals surface area contributed by atoms with Gasteiger partial charge < -0.3 is 14.7 Å². The van der Waals surface area contributed by atoms with Crippen LogP contribution in [0.15, 0.2) is 0 Å². The average Bonchev–Trinajstić information content (AvgIpc) is 2.14.